The highest BCUT2D eigenvalue weighted by molar-refractivity contribution is 9.10. The molecule has 0 heterocycles. The van der Waals surface area contributed by atoms with Crippen molar-refractivity contribution in [1.29, 1.82) is 5.26 Å². The number of halogens is 1. The third-order valence-electron chi connectivity index (χ3n) is 1.64. The van der Waals surface area contributed by atoms with E-state index in [4.69, 9.17) is 11.0 Å². The van der Waals surface area contributed by atoms with E-state index in [1.807, 2.05) is 24.3 Å². The molecule has 0 amide bonds. The van der Waals surface area contributed by atoms with Crippen LogP contribution >= 0.6 is 15.9 Å². The summed E-state index contributed by atoms with van der Waals surface area (Å²) in [6, 6.07) is 9.80. The first-order valence-electron chi connectivity index (χ1n) is 3.63. The molecule has 3 heteroatoms. The molecule has 1 rings (SSSR count). The largest absolute Gasteiger partial charge is 0.329 e. The van der Waals surface area contributed by atoms with Gasteiger partial charge in [0.15, 0.2) is 0 Å². The number of hydrogen-bond donors (Lipinski definition) is 1. The van der Waals surface area contributed by atoms with Crippen LogP contribution in [-0.2, 0) is 0 Å². The molecular weight excluding hydrogens is 216 g/mol. The zero-order chi connectivity index (χ0) is 8.97. The van der Waals surface area contributed by atoms with Gasteiger partial charge in [0.25, 0.3) is 0 Å². The Labute approximate surface area is 80.1 Å². The van der Waals surface area contributed by atoms with Crippen LogP contribution in [0.25, 0.3) is 0 Å². The zero-order valence-corrected chi connectivity index (χ0v) is 8.08. The predicted molar refractivity (Wildman–Crippen MR) is 51.6 cm³/mol. The minimum Gasteiger partial charge on any atom is -0.329 e. The van der Waals surface area contributed by atoms with Crippen LogP contribution in [0.3, 0.4) is 0 Å². The number of nitrogens with two attached hydrogens (primary N) is 1. The van der Waals surface area contributed by atoms with Gasteiger partial charge in [-0.25, -0.2) is 0 Å². The first kappa shape index (κ1) is 9.24. The molecule has 0 aliphatic carbocycles. The Morgan fingerprint density at radius 3 is 2.83 bits per heavy atom. The zero-order valence-electron chi connectivity index (χ0n) is 6.50. The van der Waals surface area contributed by atoms with Crippen molar-refractivity contribution in [2.75, 3.05) is 6.54 Å². The van der Waals surface area contributed by atoms with E-state index in [1.54, 1.807) is 0 Å². The summed E-state index contributed by atoms with van der Waals surface area (Å²) in [5, 5.41) is 8.73. The van der Waals surface area contributed by atoms with Crippen LogP contribution in [0.4, 0.5) is 0 Å². The van der Waals surface area contributed by atoms with Crippen LogP contribution in [0.1, 0.15) is 11.5 Å². The van der Waals surface area contributed by atoms with Crippen LogP contribution in [-0.4, -0.2) is 6.54 Å². The summed E-state index contributed by atoms with van der Waals surface area (Å²) in [6.07, 6.45) is 0. The summed E-state index contributed by atoms with van der Waals surface area (Å²) in [5.74, 6) is -0.192. The van der Waals surface area contributed by atoms with E-state index in [0.717, 1.165) is 10.0 Å². The fourth-order valence-corrected chi connectivity index (χ4v) is 1.40. The summed E-state index contributed by atoms with van der Waals surface area (Å²) in [6.45, 7) is 0.368. The van der Waals surface area contributed by atoms with Crippen LogP contribution in [0.15, 0.2) is 28.7 Å². The van der Waals surface area contributed by atoms with Crippen molar-refractivity contribution in [1.82, 2.24) is 0 Å². The van der Waals surface area contributed by atoms with E-state index in [0.29, 0.717) is 6.54 Å². The number of nitriles is 1. The van der Waals surface area contributed by atoms with Gasteiger partial charge in [0.2, 0.25) is 0 Å². The fourth-order valence-electron chi connectivity index (χ4n) is 0.987. The van der Waals surface area contributed by atoms with Gasteiger partial charge in [0, 0.05) is 11.0 Å². The lowest BCUT2D eigenvalue weighted by molar-refractivity contribution is 0.861. The van der Waals surface area contributed by atoms with Gasteiger partial charge < -0.3 is 5.73 Å². The van der Waals surface area contributed by atoms with E-state index in [1.165, 1.54) is 0 Å². The van der Waals surface area contributed by atoms with Gasteiger partial charge in [-0.15, -0.1) is 0 Å². The third kappa shape index (κ3) is 2.07. The molecule has 0 saturated heterocycles. The van der Waals surface area contributed by atoms with Crippen LogP contribution in [0, 0.1) is 11.3 Å². The average molecular weight is 225 g/mol. The molecule has 1 unspecified atom stereocenters. The third-order valence-corrected chi connectivity index (χ3v) is 2.14. The minimum atomic E-state index is -0.192. The van der Waals surface area contributed by atoms with Crippen molar-refractivity contribution in [3.05, 3.63) is 34.3 Å². The van der Waals surface area contributed by atoms with Crippen LogP contribution < -0.4 is 5.73 Å². The molecule has 0 aromatic heterocycles. The van der Waals surface area contributed by atoms with Gasteiger partial charge >= 0.3 is 0 Å². The summed E-state index contributed by atoms with van der Waals surface area (Å²) in [7, 11) is 0. The van der Waals surface area contributed by atoms with Crippen molar-refractivity contribution < 1.29 is 0 Å². The molecule has 12 heavy (non-hydrogen) atoms. The molecule has 1 aromatic rings. The Balaban J connectivity index is 2.95. The van der Waals surface area contributed by atoms with Crippen molar-refractivity contribution >= 4 is 15.9 Å². The maximum absolute atomic E-state index is 8.73. The Hall–Kier alpha value is -0.850. The predicted octanol–water partition coefficient (Wildman–Crippen LogP) is 2.01. The van der Waals surface area contributed by atoms with Gasteiger partial charge in [0.05, 0.1) is 12.0 Å². The maximum atomic E-state index is 8.73. The van der Waals surface area contributed by atoms with Gasteiger partial charge in [-0.2, -0.15) is 5.26 Å². The van der Waals surface area contributed by atoms with E-state index < -0.39 is 0 Å². The first-order valence-corrected chi connectivity index (χ1v) is 4.42. The van der Waals surface area contributed by atoms with Crippen molar-refractivity contribution in [3.63, 3.8) is 0 Å². The lowest BCUT2D eigenvalue weighted by Crippen LogP contribution is -2.10. The molecule has 0 bridgehead atoms. The molecule has 0 saturated carbocycles. The molecule has 1 aromatic carbocycles. The molecule has 0 aliphatic rings. The smallest absolute Gasteiger partial charge is 0.0835 e. The van der Waals surface area contributed by atoms with Gasteiger partial charge in [0.1, 0.15) is 0 Å². The maximum Gasteiger partial charge on any atom is 0.0835 e. The first-order chi connectivity index (χ1) is 5.77. The second kappa shape index (κ2) is 4.24. The van der Waals surface area contributed by atoms with Gasteiger partial charge in [-0.1, -0.05) is 28.1 Å². The van der Waals surface area contributed by atoms with Crippen molar-refractivity contribution in [3.8, 4) is 6.07 Å². The minimum absolute atomic E-state index is 0.192. The van der Waals surface area contributed by atoms with E-state index >= 15 is 0 Å². The number of hydrogen-bond acceptors (Lipinski definition) is 2. The molecule has 0 spiro atoms. The Kier molecular flexibility index (Phi) is 3.27. The molecule has 2 nitrogen and oxygen atoms in total. The van der Waals surface area contributed by atoms with Gasteiger partial charge in [-0.05, 0) is 17.7 Å². The second-order valence-corrected chi connectivity index (χ2v) is 3.39. The average Bonchev–Trinajstić information content (AvgIpc) is 2.07. The summed E-state index contributed by atoms with van der Waals surface area (Å²) >= 11 is 3.34. The highest BCUT2D eigenvalue weighted by Crippen LogP contribution is 2.18. The Morgan fingerprint density at radius 1 is 1.58 bits per heavy atom. The summed E-state index contributed by atoms with van der Waals surface area (Å²) < 4.78 is 0.980. The molecule has 2 N–H and O–H groups in total. The van der Waals surface area contributed by atoms with Crippen LogP contribution in [0.5, 0.6) is 0 Å². The van der Waals surface area contributed by atoms with E-state index in [-0.39, 0.29) is 5.92 Å². The van der Waals surface area contributed by atoms with E-state index in [2.05, 4.69) is 22.0 Å². The Morgan fingerprint density at radius 2 is 2.33 bits per heavy atom. The monoisotopic (exact) mass is 224 g/mol. The summed E-state index contributed by atoms with van der Waals surface area (Å²) in [4.78, 5) is 0. The molecule has 1 atom stereocenters. The Bertz CT molecular complexity index is 304. The molecule has 0 fully saturated rings. The highest BCUT2D eigenvalue weighted by atomic mass is 79.9. The van der Waals surface area contributed by atoms with Crippen molar-refractivity contribution in [2.24, 2.45) is 5.73 Å². The number of benzene rings is 1. The molecule has 62 valence electrons. The standard InChI is InChI=1S/C9H9BrN2/c10-9-3-1-2-7(4-9)8(5-11)6-12/h1-4,8H,5,11H2. The lowest BCUT2D eigenvalue weighted by atomic mass is 10.0. The molecule has 0 aliphatic heterocycles. The SMILES string of the molecule is N#CC(CN)c1cccc(Br)c1. The number of rotatable bonds is 2. The topological polar surface area (TPSA) is 49.8 Å². The fraction of sp³-hybridized carbons (Fsp3) is 0.222. The number of nitrogens with zero attached hydrogens (tertiary/aromatic N) is 1. The normalized spacial score (nSPS) is 12.1. The van der Waals surface area contributed by atoms with E-state index in [9.17, 15) is 0 Å². The highest BCUT2D eigenvalue weighted by Gasteiger charge is 2.07. The lowest BCUT2D eigenvalue weighted by Gasteiger charge is -2.05. The van der Waals surface area contributed by atoms with Crippen LogP contribution in [0.2, 0.25) is 0 Å². The quantitative estimate of drug-likeness (QED) is 0.836. The van der Waals surface area contributed by atoms with Crippen molar-refractivity contribution in [2.45, 2.75) is 5.92 Å². The molecule has 0 radical (unpaired) electrons. The summed E-state index contributed by atoms with van der Waals surface area (Å²) in [5.41, 5.74) is 6.39. The molecular formula is C9H9BrN2. The van der Waals surface area contributed by atoms with Gasteiger partial charge in [-0.3, -0.25) is 0 Å². The second-order valence-electron chi connectivity index (χ2n) is 2.47.